The molecule has 0 saturated carbocycles. The van der Waals surface area contributed by atoms with Crippen LogP contribution in [-0.2, 0) is 9.84 Å². The molecule has 0 aliphatic carbocycles. The summed E-state index contributed by atoms with van der Waals surface area (Å²) in [6.45, 7) is 7.76. The van der Waals surface area contributed by atoms with E-state index in [0.717, 1.165) is 31.2 Å². The van der Waals surface area contributed by atoms with Gasteiger partial charge in [0.15, 0.2) is 9.84 Å². The summed E-state index contributed by atoms with van der Waals surface area (Å²) in [7, 11) is -2.94. The average molecular weight is 331 g/mol. The molecule has 0 aromatic heterocycles. The van der Waals surface area contributed by atoms with Crippen LogP contribution in [0.5, 0.6) is 0 Å². The van der Waals surface area contributed by atoms with Crippen LogP contribution >= 0.6 is 11.6 Å². The smallest absolute Gasteiger partial charge is 0.153 e. The van der Waals surface area contributed by atoms with Crippen molar-refractivity contribution in [1.29, 1.82) is 0 Å². The van der Waals surface area contributed by atoms with Gasteiger partial charge >= 0.3 is 0 Å². The first-order valence-corrected chi connectivity index (χ1v) is 9.42. The number of nitrogens with zero attached hydrogens (tertiary/aromatic N) is 2. The molecule has 0 spiro atoms. The number of sulfone groups is 1. The maximum atomic E-state index is 11.8. The van der Waals surface area contributed by atoms with Gasteiger partial charge in [-0.2, -0.15) is 0 Å². The Hall–Kier alpha value is -0.780. The molecule has 1 heterocycles. The van der Waals surface area contributed by atoms with Gasteiger partial charge in [-0.05, 0) is 38.1 Å². The van der Waals surface area contributed by atoms with E-state index in [1.165, 1.54) is 5.69 Å². The molecule has 0 radical (unpaired) electrons. The molecule has 118 valence electrons. The summed E-state index contributed by atoms with van der Waals surface area (Å²) in [6, 6.07) is 7.86. The Kier molecular flexibility index (Phi) is 5.52. The maximum absolute atomic E-state index is 11.8. The van der Waals surface area contributed by atoms with Crippen LogP contribution in [0.4, 0.5) is 5.69 Å². The summed E-state index contributed by atoms with van der Waals surface area (Å²) in [4.78, 5) is 4.54. The first-order chi connectivity index (χ1) is 9.88. The Morgan fingerprint density at radius 2 is 1.67 bits per heavy atom. The van der Waals surface area contributed by atoms with Gasteiger partial charge < -0.3 is 4.90 Å². The lowest BCUT2D eigenvalue weighted by Crippen LogP contribution is -2.47. The van der Waals surface area contributed by atoms with Crippen molar-refractivity contribution >= 4 is 27.1 Å². The van der Waals surface area contributed by atoms with E-state index in [0.29, 0.717) is 6.54 Å². The molecule has 0 atom stereocenters. The predicted molar refractivity (Wildman–Crippen MR) is 89.0 cm³/mol. The van der Waals surface area contributed by atoms with E-state index in [1.807, 2.05) is 24.3 Å². The first-order valence-electron chi connectivity index (χ1n) is 7.33. The van der Waals surface area contributed by atoms with Gasteiger partial charge in [-0.25, -0.2) is 8.42 Å². The molecule has 0 unspecified atom stereocenters. The average Bonchev–Trinajstić information content (AvgIpc) is 2.46. The van der Waals surface area contributed by atoms with E-state index in [2.05, 4.69) is 9.80 Å². The molecule has 1 aliphatic heterocycles. The molecule has 2 rings (SSSR count). The second-order valence-electron chi connectivity index (χ2n) is 5.72. The minimum Gasteiger partial charge on any atom is -0.369 e. The van der Waals surface area contributed by atoms with Crippen molar-refractivity contribution in [2.24, 2.45) is 0 Å². The van der Waals surface area contributed by atoms with Crippen LogP contribution in [0, 0.1) is 0 Å². The minimum atomic E-state index is -2.94. The third kappa shape index (κ3) is 4.59. The van der Waals surface area contributed by atoms with Gasteiger partial charge in [0.05, 0.1) is 11.0 Å². The fourth-order valence-electron chi connectivity index (χ4n) is 2.37. The molecule has 0 bridgehead atoms. The van der Waals surface area contributed by atoms with E-state index < -0.39 is 9.84 Å². The number of halogens is 1. The van der Waals surface area contributed by atoms with Crippen LogP contribution in [0.25, 0.3) is 0 Å². The molecular formula is C15H23ClN2O2S. The van der Waals surface area contributed by atoms with Crippen molar-refractivity contribution in [3.05, 3.63) is 29.3 Å². The van der Waals surface area contributed by atoms with E-state index in [9.17, 15) is 8.42 Å². The second-order valence-corrected chi connectivity index (χ2v) is 8.83. The number of piperazine rings is 1. The van der Waals surface area contributed by atoms with E-state index in [1.54, 1.807) is 13.8 Å². The lowest BCUT2D eigenvalue weighted by molar-refractivity contribution is 0.272. The normalized spacial score (nSPS) is 17.4. The summed E-state index contributed by atoms with van der Waals surface area (Å²) in [5, 5.41) is 0.462. The summed E-state index contributed by atoms with van der Waals surface area (Å²) in [6.07, 6.45) is 0. The molecule has 1 aromatic carbocycles. The van der Waals surface area contributed by atoms with Crippen molar-refractivity contribution < 1.29 is 8.42 Å². The number of anilines is 1. The molecule has 1 aliphatic rings. The molecule has 0 amide bonds. The molecule has 1 fully saturated rings. The van der Waals surface area contributed by atoms with Crippen molar-refractivity contribution in [2.75, 3.05) is 43.4 Å². The van der Waals surface area contributed by atoms with Crippen LogP contribution in [0.3, 0.4) is 0 Å². The Balaban J connectivity index is 1.82. The van der Waals surface area contributed by atoms with Crippen LogP contribution in [0.2, 0.25) is 5.02 Å². The summed E-state index contributed by atoms with van der Waals surface area (Å²) in [5.41, 5.74) is 1.17. The van der Waals surface area contributed by atoms with Crippen molar-refractivity contribution in [2.45, 2.75) is 19.1 Å². The van der Waals surface area contributed by atoms with Crippen molar-refractivity contribution in [3.63, 3.8) is 0 Å². The Bertz CT molecular complexity index is 550. The first kappa shape index (κ1) is 16.6. The SMILES string of the molecule is CC(C)S(=O)(=O)CCN1CCN(c2ccc(Cl)cc2)CC1. The zero-order valence-corrected chi connectivity index (χ0v) is 14.2. The third-order valence-corrected chi connectivity index (χ3v) is 6.41. The van der Waals surface area contributed by atoms with Gasteiger partial charge in [0.25, 0.3) is 0 Å². The van der Waals surface area contributed by atoms with Gasteiger partial charge in [-0.15, -0.1) is 0 Å². The third-order valence-electron chi connectivity index (χ3n) is 3.97. The van der Waals surface area contributed by atoms with Crippen LogP contribution in [0.15, 0.2) is 24.3 Å². The van der Waals surface area contributed by atoms with Crippen LogP contribution in [0.1, 0.15) is 13.8 Å². The largest absolute Gasteiger partial charge is 0.369 e. The van der Waals surface area contributed by atoms with E-state index >= 15 is 0 Å². The Morgan fingerprint density at radius 1 is 1.10 bits per heavy atom. The van der Waals surface area contributed by atoms with Gasteiger partial charge in [0.1, 0.15) is 0 Å². The number of rotatable bonds is 5. The molecular weight excluding hydrogens is 308 g/mol. The van der Waals surface area contributed by atoms with Gasteiger partial charge in [0, 0.05) is 43.4 Å². The zero-order valence-electron chi connectivity index (χ0n) is 12.6. The highest BCUT2D eigenvalue weighted by atomic mass is 35.5. The molecule has 21 heavy (non-hydrogen) atoms. The molecule has 4 nitrogen and oxygen atoms in total. The maximum Gasteiger partial charge on any atom is 0.153 e. The summed E-state index contributed by atoms with van der Waals surface area (Å²) >= 11 is 5.90. The fourth-order valence-corrected chi connectivity index (χ4v) is 3.48. The highest BCUT2D eigenvalue weighted by molar-refractivity contribution is 7.92. The lowest BCUT2D eigenvalue weighted by Gasteiger charge is -2.36. The molecule has 1 aromatic rings. The van der Waals surface area contributed by atoms with E-state index in [4.69, 9.17) is 11.6 Å². The molecule has 1 saturated heterocycles. The number of hydrogen-bond acceptors (Lipinski definition) is 4. The molecule has 6 heteroatoms. The highest BCUT2D eigenvalue weighted by Gasteiger charge is 2.21. The topological polar surface area (TPSA) is 40.6 Å². The van der Waals surface area contributed by atoms with E-state index in [-0.39, 0.29) is 11.0 Å². The minimum absolute atomic E-state index is 0.256. The van der Waals surface area contributed by atoms with Crippen LogP contribution < -0.4 is 4.90 Å². The Morgan fingerprint density at radius 3 is 2.19 bits per heavy atom. The monoisotopic (exact) mass is 330 g/mol. The van der Waals surface area contributed by atoms with Gasteiger partial charge in [-0.1, -0.05) is 11.6 Å². The van der Waals surface area contributed by atoms with Crippen molar-refractivity contribution in [1.82, 2.24) is 4.90 Å². The van der Waals surface area contributed by atoms with Gasteiger partial charge in [0.2, 0.25) is 0 Å². The zero-order chi connectivity index (χ0) is 15.5. The quantitative estimate of drug-likeness (QED) is 0.830. The molecule has 0 N–H and O–H groups in total. The van der Waals surface area contributed by atoms with Crippen molar-refractivity contribution in [3.8, 4) is 0 Å². The second kappa shape index (κ2) is 6.99. The fraction of sp³-hybridized carbons (Fsp3) is 0.600. The summed E-state index contributed by atoms with van der Waals surface area (Å²) < 4.78 is 23.7. The highest BCUT2D eigenvalue weighted by Crippen LogP contribution is 2.19. The lowest BCUT2D eigenvalue weighted by atomic mass is 10.2. The number of hydrogen-bond donors (Lipinski definition) is 0. The standard InChI is InChI=1S/C15H23ClN2O2S/c1-13(2)21(19,20)12-11-17-7-9-18(10-8-17)15-5-3-14(16)4-6-15/h3-6,13H,7-12H2,1-2H3. The predicted octanol–water partition coefficient (Wildman–Crippen LogP) is 2.29. The van der Waals surface area contributed by atoms with Gasteiger partial charge in [-0.3, -0.25) is 4.90 Å². The Labute approximate surface area is 132 Å². The summed E-state index contributed by atoms with van der Waals surface area (Å²) in [5.74, 6) is 0.256. The van der Waals surface area contributed by atoms with Crippen LogP contribution in [-0.4, -0.2) is 57.0 Å². The number of benzene rings is 1.